The van der Waals surface area contributed by atoms with E-state index in [0.717, 1.165) is 12.2 Å². The molecule has 0 bridgehead atoms. The van der Waals surface area contributed by atoms with Gasteiger partial charge in [0.25, 0.3) is 5.91 Å². The second-order valence-corrected chi connectivity index (χ2v) is 7.82. The molecule has 26 heavy (non-hydrogen) atoms. The zero-order chi connectivity index (χ0) is 18.7. The van der Waals surface area contributed by atoms with Crippen LogP contribution >= 0.6 is 0 Å². The molecule has 1 aromatic rings. The molecular formula is C20H31N3O3. The number of carbonyl (C=O) groups is 1. The Kier molecular flexibility index (Phi) is 6.01. The van der Waals surface area contributed by atoms with Crippen molar-refractivity contribution < 1.29 is 9.53 Å². The van der Waals surface area contributed by atoms with E-state index < -0.39 is 0 Å². The summed E-state index contributed by atoms with van der Waals surface area (Å²) in [6.45, 7) is 4.96. The lowest BCUT2D eigenvalue weighted by Gasteiger charge is -2.45. The third-order valence-corrected chi connectivity index (χ3v) is 5.96. The molecule has 2 atom stereocenters. The summed E-state index contributed by atoms with van der Waals surface area (Å²) in [5, 5.41) is 0. The number of piperidine rings is 2. The number of aromatic nitrogens is 1. The largest absolute Gasteiger partial charge is 0.478 e. The van der Waals surface area contributed by atoms with Gasteiger partial charge in [-0.25, -0.2) is 0 Å². The molecule has 2 fully saturated rings. The van der Waals surface area contributed by atoms with E-state index in [1.165, 1.54) is 51.3 Å². The lowest BCUT2D eigenvalue weighted by atomic mass is 9.83. The van der Waals surface area contributed by atoms with Crippen LogP contribution in [0.15, 0.2) is 17.1 Å². The van der Waals surface area contributed by atoms with Crippen LogP contribution in [0.1, 0.15) is 37.8 Å². The van der Waals surface area contributed by atoms with Gasteiger partial charge in [0, 0.05) is 44.6 Å². The Balaban J connectivity index is 1.54. The van der Waals surface area contributed by atoms with Crippen molar-refractivity contribution in [2.45, 2.75) is 45.1 Å². The van der Waals surface area contributed by atoms with Crippen LogP contribution in [0.4, 0.5) is 0 Å². The van der Waals surface area contributed by atoms with Gasteiger partial charge in [0.2, 0.25) is 5.43 Å². The van der Waals surface area contributed by atoms with E-state index in [4.69, 9.17) is 4.74 Å². The Bertz CT molecular complexity index is 698. The summed E-state index contributed by atoms with van der Waals surface area (Å²) in [4.78, 5) is 28.9. The molecule has 2 saturated heterocycles. The minimum Gasteiger partial charge on any atom is -0.478 e. The molecule has 6 heteroatoms. The van der Waals surface area contributed by atoms with Crippen molar-refractivity contribution in [2.75, 3.05) is 33.3 Å². The third kappa shape index (κ3) is 4.29. The van der Waals surface area contributed by atoms with Crippen LogP contribution in [-0.4, -0.2) is 59.6 Å². The number of likely N-dealkylation sites (N-methyl/N-ethyl adjacent to an activating group) is 1. The summed E-state index contributed by atoms with van der Waals surface area (Å²) in [7, 11) is 3.70. The van der Waals surface area contributed by atoms with Crippen molar-refractivity contribution >= 4 is 5.91 Å². The summed E-state index contributed by atoms with van der Waals surface area (Å²) in [6.07, 6.45) is 7.92. The van der Waals surface area contributed by atoms with Gasteiger partial charge in [0.1, 0.15) is 0 Å². The number of pyridine rings is 1. The lowest BCUT2D eigenvalue weighted by molar-refractivity contribution is -0.133. The number of nitrogens with zero attached hydrogens (tertiary/aromatic N) is 3. The van der Waals surface area contributed by atoms with Gasteiger partial charge in [-0.1, -0.05) is 6.42 Å². The fourth-order valence-corrected chi connectivity index (χ4v) is 4.31. The smallest absolute Gasteiger partial charge is 0.260 e. The van der Waals surface area contributed by atoms with E-state index in [9.17, 15) is 9.59 Å². The SMILES string of the molecule is Cc1cc(=O)c(OCC(=O)N(C)CC2CCCN3CCCCC23)cn1C. The summed E-state index contributed by atoms with van der Waals surface area (Å²) in [5.74, 6) is 0.710. The fraction of sp³-hybridized carbons (Fsp3) is 0.700. The summed E-state index contributed by atoms with van der Waals surface area (Å²) < 4.78 is 7.34. The van der Waals surface area contributed by atoms with Crippen molar-refractivity contribution in [3.05, 3.63) is 28.2 Å². The Morgan fingerprint density at radius 2 is 2.04 bits per heavy atom. The quantitative estimate of drug-likeness (QED) is 0.802. The molecule has 0 N–H and O–H groups in total. The number of ether oxygens (including phenoxy) is 1. The number of amides is 1. The predicted octanol–water partition coefficient (Wildman–Crippen LogP) is 1.80. The second kappa shape index (κ2) is 8.25. The summed E-state index contributed by atoms with van der Waals surface area (Å²) in [6, 6.07) is 2.15. The first-order chi connectivity index (χ1) is 12.5. The topological polar surface area (TPSA) is 54.8 Å². The van der Waals surface area contributed by atoms with Gasteiger partial charge in [-0.2, -0.15) is 0 Å². The molecule has 2 aliphatic heterocycles. The number of hydrogen-bond donors (Lipinski definition) is 0. The van der Waals surface area contributed by atoms with Gasteiger partial charge in [-0.05, 0) is 51.6 Å². The Labute approximate surface area is 155 Å². The van der Waals surface area contributed by atoms with Crippen LogP contribution < -0.4 is 10.2 Å². The molecule has 1 aromatic heterocycles. The van der Waals surface area contributed by atoms with E-state index in [0.29, 0.717) is 12.0 Å². The maximum atomic E-state index is 12.5. The van der Waals surface area contributed by atoms with E-state index in [1.807, 2.05) is 25.6 Å². The molecule has 1 amide bonds. The molecular weight excluding hydrogens is 330 g/mol. The van der Waals surface area contributed by atoms with Crippen LogP contribution in [0.3, 0.4) is 0 Å². The third-order valence-electron chi connectivity index (χ3n) is 5.96. The highest BCUT2D eigenvalue weighted by Gasteiger charge is 2.34. The number of hydrogen-bond acceptors (Lipinski definition) is 4. The molecule has 144 valence electrons. The molecule has 3 rings (SSSR count). The predicted molar refractivity (Wildman–Crippen MR) is 101 cm³/mol. The van der Waals surface area contributed by atoms with Gasteiger partial charge in [0.05, 0.1) is 0 Å². The Morgan fingerprint density at radius 1 is 1.27 bits per heavy atom. The first-order valence-electron chi connectivity index (χ1n) is 9.74. The number of carbonyl (C=O) groups excluding carboxylic acids is 1. The van der Waals surface area contributed by atoms with E-state index >= 15 is 0 Å². The molecule has 0 aromatic carbocycles. The minimum atomic E-state index is -0.179. The summed E-state index contributed by atoms with van der Waals surface area (Å²) in [5.41, 5.74) is 0.682. The van der Waals surface area contributed by atoms with Gasteiger partial charge < -0.3 is 19.1 Å². The number of aryl methyl sites for hydroxylation is 2. The van der Waals surface area contributed by atoms with E-state index in [-0.39, 0.29) is 23.7 Å². The van der Waals surface area contributed by atoms with Crippen LogP contribution in [0.5, 0.6) is 5.75 Å². The van der Waals surface area contributed by atoms with E-state index in [2.05, 4.69) is 4.90 Å². The second-order valence-electron chi connectivity index (χ2n) is 7.82. The maximum absolute atomic E-state index is 12.5. The first-order valence-corrected chi connectivity index (χ1v) is 9.74. The van der Waals surface area contributed by atoms with Crippen LogP contribution in [-0.2, 0) is 11.8 Å². The number of rotatable bonds is 5. The normalized spacial score (nSPS) is 23.3. The van der Waals surface area contributed by atoms with Crippen LogP contribution in [0.2, 0.25) is 0 Å². The Morgan fingerprint density at radius 3 is 2.85 bits per heavy atom. The van der Waals surface area contributed by atoms with Crippen LogP contribution in [0, 0.1) is 12.8 Å². The molecule has 0 spiro atoms. The van der Waals surface area contributed by atoms with E-state index in [1.54, 1.807) is 11.1 Å². The standard InChI is InChI=1S/C20H31N3O3/c1-15-11-18(24)19(13-21(15)2)26-14-20(25)22(3)12-16-7-6-10-23-9-5-4-8-17(16)23/h11,13,16-17H,4-10,12,14H2,1-3H3. The first kappa shape index (κ1) is 19.0. The molecule has 0 radical (unpaired) electrons. The minimum absolute atomic E-state index is 0.0689. The highest BCUT2D eigenvalue weighted by molar-refractivity contribution is 5.77. The highest BCUT2D eigenvalue weighted by Crippen LogP contribution is 2.31. The van der Waals surface area contributed by atoms with Gasteiger partial charge in [-0.3, -0.25) is 9.59 Å². The molecule has 2 unspecified atom stereocenters. The highest BCUT2D eigenvalue weighted by atomic mass is 16.5. The maximum Gasteiger partial charge on any atom is 0.260 e. The Hall–Kier alpha value is -1.82. The molecule has 6 nitrogen and oxygen atoms in total. The average Bonchev–Trinajstić information content (AvgIpc) is 2.63. The number of fused-ring (bicyclic) bond motifs is 1. The van der Waals surface area contributed by atoms with Crippen molar-refractivity contribution in [2.24, 2.45) is 13.0 Å². The van der Waals surface area contributed by atoms with Gasteiger partial charge in [0.15, 0.2) is 12.4 Å². The van der Waals surface area contributed by atoms with Crippen molar-refractivity contribution in [1.29, 1.82) is 0 Å². The van der Waals surface area contributed by atoms with Gasteiger partial charge in [-0.15, -0.1) is 0 Å². The van der Waals surface area contributed by atoms with Crippen molar-refractivity contribution in [1.82, 2.24) is 14.4 Å². The molecule has 2 aliphatic rings. The molecule has 3 heterocycles. The lowest BCUT2D eigenvalue weighted by Crippen LogP contribution is -2.51. The average molecular weight is 361 g/mol. The molecule has 0 aliphatic carbocycles. The monoisotopic (exact) mass is 361 g/mol. The zero-order valence-corrected chi connectivity index (χ0v) is 16.2. The fourth-order valence-electron chi connectivity index (χ4n) is 4.31. The zero-order valence-electron chi connectivity index (χ0n) is 16.2. The van der Waals surface area contributed by atoms with Crippen LogP contribution in [0.25, 0.3) is 0 Å². The van der Waals surface area contributed by atoms with Crippen molar-refractivity contribution in [3.8, 4) is 5.75 Å². The van der Waals surface area contributed by atoms with Gasteiger partial charge >= 0.3 is 0 Å². The van der Waals surface area contributed by atoms with Crippen molar-refractivity contribution in [3.63, 3.8) is 0 Å². The summed E-state index contributed by atoms with van der Waals surface area (Å²) >= 11 is 0. The molecule has 0 saturated carbocycles.